The average Bonchev–Trinajstić information content (AvgIpc) is 2.48. The molecule has 1 unspecified atom stereocenters. The van der Waals surface area contributed by atoms with Crippen LogP contribution in [0.15, 0.2) is 24.5 Å². The largest absolute Gasteiger partial charge is 0.338 e. The first kappa shape index (κ1) is 18.3. The molecule has 1 aliphatic heterocycles. The highest BCUT2D eigenvalue weighted by atomic mass is 35.5. The van der Waals surface area contributed by atoms with Gasteiger partial charge in [0.1, 0.15) is 0 Å². The number of aromatic nitrogens is 1. The van der Waals surface area contributed by atoms with Crippen molar-refractivity contribution in [2.75, 3.05) is 32.7 Å². The maximum absolute atomic E-state index is 11.9. The zero-order valence-corrected chi connectivity index (χ0v) is 13.4. The summed E-state index contributed by atoms with van der Waals surface area (Å²) in [6.45, 7) is 4.83. The van der Waals surface area contributed by atoms with Gasteiger partial charge in [-0.1, -0.05) is 6.07 Å². The van der Waals surface area contributed by atoms with Crippen molar-refractivity contribution >= 4 is 24.3 Å². The van der Waals surface area contributed by atoms with Crippen LogP contribution in [-0.4, -0.2) is 54.5 Å². The minimum atomic E-state index is -0.449. The van der Waals surface area contributed by atoms with Gasteiger partial charge >= 0.3 is 6.03 Å². The average molecular weight is 328 g/mol. The van der Waals surface area contributed by atoms with Crippen molar-refractivity contribution in [1.82, 2.24) is 25.8 Å². The number of piperazine rings is 1. The quantitative estimate of drug-likeness (QED) is 0.740. The van der Waals surface area contributed by atoms with E-state index in [1.165, 1.54) is 0 Å². The molecule has 0 aliphatic carbocycles. The Balaban J connectivity index is 0.00000242. The fraction of sp³-hybridized carbons (Fsp3) is 0.500. The molecule has 0 saturated carbocycles. The van der Waals surface area contributed by atoms with Crippen LogP contribution in [0.4, 0.5) is 4.79 Å². The first-order valence-corrected chi connectivity index (χ1v) is 7.13. The second kappa shape index (κ2) is 9.34. The zero-order valence-electron chi connectivity index (χ0n) is 12.5. The van der Waals surface area contributed by atoms with Gasteiger partial charge in [0, 0.05) is 44.6 Å². The highest BCUT2D eigenvalue weighted by molar-refractivity contribution is 5.95. The Hall–Kier alpha value is -1.70. The van der Waals surface area contributed by atoms with Crippen molar-refractivity contribution in [3.05, 3.63) is 30.1 Å². The fourth-order valence-corrected chi connectivity index (χ4v) is 2.39. The van der Waals surface area contributed by atoms with Crippen molar-refractivity contribution in [3.8, 4) is 0 Å². The Morgan fingerprint density at radius 1 is 1.50 bits per heavy atom. The molecule has 0 radical (unpaired) electrons. The van der Waals surface area contributed by atoms with Gasteiger partial charge in [0.05, 0.1) is 6.54 Å². The number of nitrogens with zero attached hydrogens (tertiary/aromatic N) is 2. The molecule has 1 aromatic rings. The predicted molar refractivity (Wildman–Crippen MR) is 85.9 cm³/mol. The number of hydrogen-bond acceptors (Lipinski definition) is 5. The third-order valence-electron chi connectivity index (χ3n) is 3.36. The standard InChI is InChI=1S/C14H21N5O2.ClH/c1-2-17-14(21)18-13(20)10-19-7-6-16-9-12(19)11-4-3-5-15-8-11;/h3-5,8,12,16H,2,6-7,9-10H2,1H3,(H2,17,18,20,21);1H. The van der Waals surface area contributed by atoms with E-state index in [1.54, 1.807) is 13.1 Å². The molecule has 1 saturated heterocycles. The number of pyridine rings is 1. The fourth-order valence-electron chi connectivity index (χ4n) is 2.39. The van der Waals surface area contributed by atoms with Gasteiger partial charge in [0.2, 0.25) is 5.91 Å². The Labute approximate surface area is 136 Å². The molecule has 1 aromatic heterocycles. The number of halogens is 1. The van der Waals surface area contributed by atoms with E-state index in [-0.39, 0.29) is 30.9 Å². The van der Waals surface area contributed by atoms with Crippen LogP contribution < -0.4 is 16.0 Å². The number of rotatable bonds is 4. The van der Waals surface area contributed by atoms with Gasteiger partial charge in [0.15, 0.2) is 0 Å². The normalized spacial score (nSPS) is 18.1. The van der Waals surface area contributed by atoms with E-state index >= 15 is 0 Å². The van der Waals surface area contributed by atoms with E-state index in [2.05, 4.69) is 25.8 Å². The minimum Gasteiger partial charge on any atom is -0.338 e. The van der Waals surface area contributed by atoms with Crippen LogP contribution in [-0.2, 0) is 4.79 Å². The highest BCUT2D eigenvalue weighted by Crippen LogP contribution is 2.20. The molecule has 22 heavy (non-hydrogen) atoms. The molecule has 3 amide bonds. The Bertz CT molecular complexity index is 485. The lowest BCUT2D eigenvalue weighted by molar-refractivity contribution is -0.122. The van der Waals surface area contributed by atoms with E-state index in [0.717, 1.165) is 25.2 Å². The van der Waals surface area contributed by atoms with E-state index in [0.29, 0.717) is 6.54 Å². The van der Waals surface area contributed by atoms with Crippen molar-refractivity contribution in [3.63, 3.8) is 0 Å². The molecule has 3 N–H and O–H groups in total. The number of carbonyl (C=O) groups excluding carboxylic acids is 2. The Kier molecular flexibility index (Phi) is 7.79. The number of hydrogen-bond donors (Lipinski definition) is 3. The summed E-state index contributed by atoms with van der Waals surface area (Å²) in [5, 5.41) is 8.20. The van der Waals surface area contributed by atoms with E-state index in [1.807, 2.05) is 18.3 Å². The molecule has 8 heteroatoms. The second-order valence-corrected chi connectivity index (χ2v) is 4.88. The van der Waals surface area contributed by atoms with Crippen LogP contribution >= 0.6 is 12.4 Å². The number of nitrogens with one attached hydrogen (secondary N) is 3. The van der Waals surface area contributed by atoms with Crippen molar-refractivity contribution in [2.24, 2.45) is 0 Å². The van der Waals surface area contributed by atoms with Crippen LogP contribution in [0.3, 0.4) is 0 Å². The zero-order chi connectivity index (χ0) is 15.1. The lowest BCUT2D eigenvalue weighted by atomic mass is 10.1. The molecule has 1 fully saturated rings. The van der Waals surface area contributed by atoms with Crippen LogP contribution in [0, 0.1) is 0 Å². The predicted octanol–water partition coefficient (Wildman–Crippen LogP) is 0.295. The number of amides is 3. The summed E-state index contributed by atoms with van der Waals surface area (Å²) in [7, 11) is 0. The summed E-state index contributed by atoms with van der Waals surface area (Å²) in [5.41, 5.74) is 1.07. The maximum atomic E-state index is 11.9. The molecule has 122 valence electrons. The first-order valence-electron chi connectivity index (χ1n) is 7.13. The van der Waals surface area contributed by atoms with Gasteiger partial charge in [-0.2, -0.15) is 0 Å². The molecule has 2 heterocycles. The molecule has 1 atom stereocenters. The van der Waals surface area contributed by atoms with Gasteiger partial charge in [-0.15, -0.1) is 12.4 Å². The smallest absolute Gasteiger partial charge is 0.321 e. The summed E-state index contributed by atoms with van der Waals surface area (Å²) >= 11 is 0. The highest BCUT2D eigenvalue weighted by Gasteiger charge is 2.25. The molecule has 0 aromatic carbocycles. The molecule has 7 nitrogen and oxygen atoms in total. The third kappa shape index (κ3) is 5.25. The third-order valence-corrected chi connectivity index (χ3v) is 3.36. The molecule has 1 aliphatic rings. The molecular weight excluding hydrogens is 306 g/mol. The number of carbonyl (C=O) groups is 2. The summed E-state index contributed by atoms with van der Waals surface area (Å²) in [6, 6.07) is 3.53. The minimum absolute atomic E-state index is 0. The van der Waals surface area contributed by atoms with Crippen molar-refractivity contribution in [2.45, 2.75) is 13.0 Å². The van der Waals surface area contributed by atoms with Gasteiger partial charge in [0.25, 0.3) is 0 Å². The van der Waals surface area contributed by atoms with Crippen LogP contribution in [0.25, 0.3) is 0 Å². The Morgan fingerprint density at radius 2 is 2.32 bits per heavy atom. The van der Waals surface area contributed by atoms with Crippen LogP contribution in [0.2, 0.25) is 0 Å². The number of urea groups is 1. The lowest BCUT2D eigenvalue weighted by Crippen LogP contribution is -2.51. The summed E-state index contributed by atoms with van der Waals surface area (Å²) in [4.78, 5) is 29.5. The first-order chi connectivity index (χ1) is 10.2. The van der Waals surface area contributed by atoms with Gasteiger partial charge in [-0.05, 0) is 18.6 Å². The van der Waals surface area contributed by atoms with Gasteiger partial charge < -0.3 is 10.6 Å². The summed E-state index contributed by atoms with van der Waals surface area (Å²) in [6.07, 6.45) is 3.54. The van der Waals surface area contributed by atoms with Gasteiger partial charge in [-0.3, -0.25) is 20.0 Å². The van der Waals surface area contributed by atoms with Crippen LogP contribution in [0.5, 0.6) is 0 Å². The molecule has 0 spiro atoms. The van der Waals surface area contributed by atoms with Crippen molar-refractivity contribution < 1.29 is 9.59 Å². The Morgan fingerprint density at radius 3 is 3.00 bits per heavy atom. The SMILES string of the molecule is CCNC(=O)NC(=O)CN1CCNCC1c1cccnc1.Cl. The topological polar surface area (TPSA) is 86.4 Å². The number of imide groups is 1. The summed E-state index contributed by atoms with van der Waals surface area (Å²) < 4.78 is 0. The van der Waals surface area contributed by atoms with Crippen LogP contribution in [0.1, 0.15) is 18.5 Å². The second-order valence-electron chi connectivity index (χ2n) is 4.88. The molecule has 0 bridgehead atoms. The molecule has 2 rings (SSSR count). The lowest BCUT2D eigenvalue weighted by Gasteiger charge is -2.35. The summed E-state index contributed by atoms with van der Waals surface area (Å²) in [5.74, 6) is -0.295. The van der Waals surface area contributed by atoms with Crippen molar-refractivity contribution in [1.29, 1.82) is 0 Å². The maximum Gasteiger partial charge on any atom is 0.321 e. The monoisotopic (exact) mass is 327 g/mol. The van der Waals surface area contributed by atoms with E-state index in [9.17, 15) is 9.59 Å². The van der Waals surface area contributed by atoms with E-state index < -0.39 is 6.03 Å². The van der Waals surface area contributed by atoms with Gasteiger partial charge in [-0.25, -0.2) is 4.79 Å². The molecular formula is C14H22ClN5O2. The van der Waals surface area contributed by atoms with E-state index in [4.69, 9.17) is 0 Å².